The fourth-order valence-electron chi connectivity index (χ4n) is 1.81. The maximum absolute atomic E-state index is 13.0. The minimum absolute atomic E-state index is 0.201. The van der Waals surface area contributed by atoms with Crippen molar-refractivity contribution >= 4 is 11.8 Å². The smallest absolute Gasteiger partial charge is 0.251 e. The SMILES string of the molecule is Cc1cc(N=[N+]=[N-])nc(N2CCC(F)(F)CC2)n1. The Morgan fingerprint density at radius 2 is 2.06 bits per heavy atom. The van der Waals surface area contributed by atoms with E-state index >= 15 is 0 Å². The zero-order valence-electron chi connectivity index (χ0n) is 9.84. The highest BCUT2D eigenvalue weighted by Gasteiger charge is 2.34. The molecule has 0 bridgehead atoms. The van der Waals surface area contributed by atoms with Gasteiger partial charge in [-0.05, 0) is 23.6 Å². The number of nitrogens with zero attached hydrogens (tertiary/aromatic N) is 6. The maximum Gasteiger partial charge on any atom is 0.251 e. The highest BCUT2D eigenvalue weighted by Crippen LogP contribution is 2.29. The summed E-state index contributed by atoms with van der Waals surface area (Å²) in [5.41, 5.74) is 9.00. The van der Waals surface area contributed by atoms with Crippen LogP contribution in [-0.4, -0.2) is 29.0 Å². The van der Waals surface area contributed by atoms with Crippen LogP contribution >= 0.6 is 0 Å². The van der Waals surface area contributed by atoms with Crippen molar-refractivity contribution in [2.45, 2.75) is 25.7 Å². The van der Waals surface area contributed by atoms with Crippen LogP contribution in [0.4, 0.5) is 20.5 Å². The molecule has 2 rings (SSSR count). The molecule has 0 amide bonds. The third-order valence-electron chi connectivity index (χ3n) is 2.75. The average molecular weight is 254 g/mol. The van der Waals surface area contributed by atoms with E-state index in [2.05, 4.69) is 20.0 Å². The van der Waals surface area contributed by atoms with Crippen LogP contribution in [0.2, 0.25) is 0 Å². The quantitative estimate of drug-likeness (QED) is 0.462. The summed E-state index contributed by atoms with van der Waals surface area (Å²) < 4.78 is 26.1. The molecule has 0 spiro atoms. The summed E-state index contributed by atoms with van der Waals surface area (Å²) >= 11 is 0. The van der Waals surface area contributed by atoms with Gasteiger partial charge >= 0.3 is 0 Å². The van der Waals surface area contributed by atoms with Gasteiger partial charge in [-0.25, -0.2) is 18.7 Å². The van der Waals surface area contributed by atoms with Crippen molar-refractivity contribution in [1.29, 1.82) is 0 Å². The Kier molecular flexibility index (Phi) is 3.29. The molecule has 6 nitrogen and oxygen atoms in total. The molecule has 1 aromatic rings. The Bertz CT molecular complexity index is 487. The molecule has 0 aromatic carbocycles. The number of hydrogen-bond donors (Lipinski definition) is 0. The second-order valence-corrected chi connectivity index (χ2v) is 4.20. The number of aromatic nitrogens is 2. The van der Waals surface area contributed by atoms with Gasteiger partial charge < -0.3 is 4.90 Å². The minimum atomic E-state index is -2.60. The van der Waals surface area contributed by atoms with Crippen LogP contribution in [0.3, 0.4) is 0 Å². The van der Waals surface area contributed by atoms with Crippen LogP contribution in [0.25, 0.3) is 10.4 Å². The molecule has 1 aliphatic rings. The van der Waals surface area contributed by atoms with E-state index in [1.54, 1.807) is 17.9 Å². The maximum atomic E-state index is 13.0. The molecule has 0 aliphatic carbocycles. The topological polar surface area (TPSA) is 77.8 Å². The van der Waals surface area contributed by atoms with E-state index in [1.807, 2.05) is 0 Å². The minimum Gasteiger partial charge on any atom is -0.340 e. The van der Waals surface area contributed by atoms with Gasteiger partial charge in [-0.2, -0.15) is 0 Å². The van der Waals surface area contributed by atoms with Gasteiger partial charge in [-0.1, -0.05) is 0 Å². The number of azide groups is 1. The standard InChI is InChI=1S/C10H12F2N6/c1-7-6-8(16-17-13)15-9(14-7)18-4-2-10(11,12)3-5-18/h6H,2-5H2,1H3. The fraction of sp³-hybridized carbons (Fsp3) is 0.600. The second kappa shape index (κ2) is 4.73. The Morgan fingerprint density at radius 3 is 2.67 bits per heavy atom. The number of hydrogen-bond acceptors (Lipinski definition) is 4. The Hall–Kier alpha value is -1.95. The number of halogens is 2. The van der Waals surface area contributed by atoms with Crippen LogP contribution in [0.1, 0.15) is 18.5 Å². The van der Waals surface area contributed by atoms with E-state index in [-0.39, 0.29) is 31.7 Å². The molecule has 1 saturated heterocycles. The fourth-order valence-corrected chi connectivity index (χ4v) is 1.81. The molecule has 0 radical (unpaired) electrons. The van der Waals surface area contributed by atoms with Crippen molar-refractivity contribution in [2.75, 3.05) is 18.0 Å². The molecule has 0 N–H and O–H groups in total. The van der Waals surface area contributed by atoms with Gasteiger partial charge in [0.2, 0.25) is 5.95 Å². The van der Waals surface area contributed by atoms with E-state index < -0.39 is 5.92 Å². The van der Waals surface area contributed by atoms with Crippen LogP contribution in [-0.2, 0) is 0 Å². The first-order chi connectivity index (χ1) is 8.50. The van der Waals surface area contributed by atoms with Gasteiger partial charge in [0.25, 0.3) is 5.92 Å². The molecule has 1 aliphatic heterocycles. The molecule has 18 heavy (non-hydrogen) atoms. The highest BCUT2D eigenvalue weighted by molar-refractivity contribution is 5.40. The van der Waals surface area contributed by atoms with Crippen LogP contribution < -0.4 is 4.90 Å². The number of aryl methyl sites for hydroxylation is 1. The lowest BCUT2D eigenvalue weighted by molar-refractivity contribution is -0.0222. The van der Waals surface area contributed by atoms with Gasteiger partial charge in [0.05, 0.1) is 0 Å². The van der Waals surface area contributed by atoms with Crippen LogP contribution in [0.5, 0.6) is 0 Å². The molecule has 0 unspecified atom stereocenters. The van der Waals surface area contributed by atoms with Crippen molar-refractivity contribution < 1.29 is 8.78 Å². The van der Waals surface area contributed by atoms with Gasteiger partial charge in [-0.3, -0.25) is 0 Å². The summed E-state index contributed by atoms with van der Waals surface area (Å²) in [6.45, 7) is 2.14. The molecule has 8 heteroatoms. The molecule has 1 fully saturated rings. The first kappa shape index (κ1) is 12.5. The second-order valence-electron chi connectivity index (χ2n) is 4.20. The predicted octanol–water partition coefficient (Wildman–Crippen LogP) is 2.96. The average Bonchev–Trinajstić information content (AvgIpc) is 2.28. The van der Waals surface area contributed by atoms with Crippen LogP contribution in [0, 0.1) is 6.92 Å². The predicted molar refractivity (Wildman–Crippen MR) is 62.0 cm³/mol. The third kappa shape index (κ3) is 2.84. The van der Waals surface area contributed by atoms with Crippen molar-refractivity contribution in [3.05, 3.63) is 22.2 Å². The number of rotatable bonds is 2. The first-order valence-corrected chi connectivity index (χ1v) is 5.54. The molecule has 96 valence electrons. The van der Waals surface area contributed by atoms with Crippen molar-refractivity contribution in [2.24, 2.45) is 5.11 Å². The Balaban J connectivity index is 2.21. The van der Waals surface area contributed by atoms with Gasteiger partial charge in [0.1, 0.15) is 5.82 Å². The van der Waals surface area contributed by atoms with Gasteiger partial charge in [-0.15, -0.1) is 0 Å². The summed E-state index contributed by atoms with van der Waals surface area (Å²) in [6, 6.07) is 1.54. The normalized spacial score (nSPS) is 18.3. The summed E-state index contributed by atoms with van der Waals surface area (Å²) in [6.07, 6.45) is -0.414. The van der Waals surface area contributed by atoms with Gasteiger partial charge in [0.15, 0.2) is 0 Å². The summed E-state index contributed by atoms with van der Waals surface area (Å²) in [5.74, 6) is -2.06. The largest absolute Gasteiger partial charge is 0.340 e. The number of piperidine rings is 1. The molecule has 2 heterocycles. The van der Waals surface area contributed by atoms with Crippen molar-refractivity contribution in [3.8, 4) is 0 Å². The Morgan fingerprint density at radius 1 is 1.39 bits per heavy atom. The molecular weight excluding hydrogens is 242 g/mol. The monoisotopic (exact) mass is 254 g/mol. The van der Waals surface area contributed by atoms with Crippen molar-refractivity contribution in [3.63, 3.8) is 0 Å². The van der Waals surface area contributed by atoms with E-state index in [0.717, 1.165) is 0 Å². The summed E-state index contributed by atoms with van der Waals surface area (Å²) in [4.78, 5) is 12.6. The molecular formula is C10H12F2N6. The zero-order chi connectivity index (χ0) is 13.2. The number of alkyl halides is 2. The van der Waals surface area contributed by atoms with Crippen LogP contribution in [0.15, 0.2) is 11.2 Å². The summed E-state index contributed by atoms with van der Waals surface area (Å²) in [5, 5.41) is 3.41. The lowest BCUT2D eigenvalue weighted by atomic mass is 10.1. The van der Waals surface area contributed by atoms with Crippen molar-refractivity contribution in [1.82, 2.24) is 9.97 Å². The lowest BCUT2D eigenvalue weighted by Crippen LogP contribution is -2.40. The third-order valence-corrected chi connectivity index (χ3v) is 2.75. The summed E-state index contributed by atoms with van der Waals surface area (Å²) in [7, 11) is 0. The van der Waals surface area contributed by atoms with E-state index in [4.69, 9.17) is 5.53 Å². The number of anilines is 1. The molecule has 0 saturated carbocycles. The van der Waals surface area contributed by atoms with Gasteiger partial charge in [0, 0.05) is 36.5 Å². The molecule has 1 aromatic heterocycles. The zero-order valence-corrected chi connectivity index (χ0v) is 9.84. The first-order valence-electron chi connectivity index (χ1n) is 5.54. The highest BCUT2D eigenvalue weighted by atomic mass is 19.3. The van der Waals surface area contributed by atoms with E-state index in [9.17, 15) is 8.78 Å². The molecule has 0 atom stereocenters. The lowest BCUT2D eigenvalue weighted by Gasteiger charge is -2.31. The van der Waals surface area contributed by atoms with E-state index in [1.165, 1.54) is 0 Å². The van der Waals surface area contributed by atoms with E-state index in [0.29, 0.717) is 11.6 Å². The Labute approximate surface area is 102 Å².